The third kappa shape index (κ3) is 2.79. The maximum Gasteiger partial charge on any atom is 0.272 e. The highest BCUT2D eigenvalue weighted by molar-refractivity contribution is 7.91. The molecule has 1 aromatic rings. The summed E-state index contributed by atoms with van der Waals surface area (Å²) in [7, 11) is -3.54. The molecule has 0 amide bonds. The molecule has 0 aromatic carbocycles. The molecule has 1 aliphatic rings. The number of rotatable bonds is 4. The normalized spacial score (nSPS) is 19.2. The number of nitrogens with zero attached hydrogens (tertiary/aromatic N) is 3. The molecule has 102 valence electrons. The number of piperidine rings is 1. The number of aromatic nitrogens is 2. The van der Waals surface area contributed by atoms with Crippen LogP contribution in [0.15, 0.2) is 4.34 Å². The molecule has 0 bridgehead atoms. The fourth-order valence-corrected chi connectivity index (χ4v) is 4.30. The van der Waals surface area contributed by atoms with E-state index in [1.165, 1.54) is 4.31 Å². The Morgan fingerprint density at radius 2 is 2.11 bits per heavy atom. The third-order valence-corrected chi connectivity index (χ3v) is 5.78. The van der Waals surface area contributed by atoms with Gasteiger partial charge in [0.2, 0.25) is 9.47 Å². The van der Waals surface area contributed by atoms with Gasteiger partial charge in [0.05, 0.1) is 6.10 Å². The van der Waals surface area contributed by atoms with E-state index in [0.29, 0.717) is 32.5 Å². The zero-order valence-corrected chi connectivity index (χ0v) is 11.7. The molecule has 2 N–H and O–H groups in total. The first-order valence-electron chi connectivity index (χ1n) is 5.74. The van der Waals surface area contributed by atoms with Crippen molar-refractivity contribution >= 4 is 26.5 Å². The molecule has 18 heavy (non-hydrogen) atoms. The summed E-state index contributed by atoms with van der Waals surface area (Å²) in [5.41, 5.74) is 5.41. The van der Waals surface area contributed by atoms with E-state index in [4.69, 9.17) is 10.5 Å². The Hall–Kier alpha value is -0.770. The van der Waals surface area contributed by atoms with Gasteiger partial charge < -0.3 is 10.5 Å². The molecule has 0 atom stereocenters. The second kappa shape index (κ2) is 5.47. The van der Waals surface area contributed by atoms with Crippen LogP contribution >= 0.6 is 11.3 Å². The van der Waals surface area contributed by atoms with E-state index in [1.54, 1.807) is 0 Å². The lowest BCUT2D eigenvalue weighted by atomic mass is 10.1. The van der Waals surface area contributed by atoms with Crippen molar-refractivity contribution in [1.82, 2.24) is 14.5 Å². The number of nitrogens with two attached hydrogens (primary N) is 1. The van der Waals surface area contributed by atoms with Crippen molar-refractivity contribution in [2.24, 2.45) is 0 Å². The molecule has 0 unspecified atom stereocenters. The molecule has 0 aliphatic carbocycles. The molecule has 1 aromatic heterocycles. The predicted molar refractivity (Wildman–Crippen MR) is 67.7 cm³/mol. The fourth-order valence-electron chi connectivity index (χ4n) is 1.91. The van der Waals surface area contributed by atoms with Crippen LogP contribution in [0.3, 0.4) is 0 Å². The van der Waals surface area contributed by atoms with E-state index in [1.807, 2.05) is 6.92 Å². The van der Waals surface area contributed by atoms with Crippen LogP contribution in [0.25, 0.3) is 0 Å². The summed E-state index contributed by atoms with van der Waals surface area (Å²) in [6, 6.07) is 0. The number of hydrogen-bond donors (Lipinski definition) is 1. The van der Waals surface area contributed by atoms with E-state index in [2.05, 4.69) is 10.2 Å². The van der Waals surface area contributed by atoms with Gasteiger partial charge in [-0.1, -0.05) is 11.3 Å². The second-order valence-electron chi connectivity index (χ2n) is 3.96. The number of ether oxygens (including phenoxy) is 1. The smallest absolute Gasteiger partial charge is 0.272 e. The zero-order valence-electron chi connectivity index (χ0n) is 10.1. The lowest BCUT2D eigenvalue weighted by Crippen LogP contribution is -2.40. The summed E-state index contributed by atoms with van der Waals surface area (Å²) in [6.07, 6.45) is 1.57. The standard InChI is InChI=1S/C9H16N4O3S2/c1-2-16-7-3-5-13(6-4-7)18(14,15)9-12-11-8(10)17-9/h7H,2-6H2,1H3,(H2,10,11). The summed E-state index contributed by atoms with van der Waals surface area (Å²) in [4.78, 5) is 0. The van der Waals surface area contributed by atoms with Gasteiger partial charge in [0.15, 0.2) is 0 Å². The zero-order chi connectivity index (χ0) is 13.2. The van der Waals surface area contributed by atoms with Crippen LogP contribution in [0, 0.1) is 0 Å². The SMILES string of the molecule is CCOC1CCN(S(=O)(=O)c2nnc(N)s2)CC1. The van der Waals surface area contributed by atoms with Crippen molar-refractivity contribution in [3.8, 4) is 0 Å². The minimum absolute atomic E-state index is 0.0325. The Kier molecular flexibility index (Phi) is 4.15. The van der Waals surface area contributed by atoms with E-state index in [0.717, 1.165) is 11.3 Å². The summed E-state index contributed by atoms with van der Waals surface area (Å²) in [5, 5.41) is 7.30. The van der Waals surface area contributed by atoms with Crippen molar-refractivity contribution in [2.75, 3.05) is 25.4 Å². The monoisotopic (exact) mass is 292 g/mol. The lowest BCUT2D eigenvalue weighted by molar-refractivity contribution is 0.0290. The summed E-state index contributed by atoms with van der Waals surface area (Å²) >= 11 is 0.894. The van der Waals surface area contributed by atoms with Gasteiger partial charge in [-0.25, -0.2) is 8.42 Å². The van der Waals surface area contributed by atoms with Gasteiger partial charge in [0.25, 0.3) is 10.0 Å². The highest BCUT2D eigenvalue weighted by Crippen LogP contribution is 2.24. The van der Waals surface area contributed by atoms with E-state index >= 15 is 0 Å². The molecule has 1 aliphatic heterocycles. The maximum absolute atomic E-state index is 12.2. The molecule has 2 heterocycles. The molecule has 0 radical (unpaired) electrons. The fraction of sp³-hybridized carbons (Fsp3) is 0.778. The van der Waals surface area contributed by atoms with E-state index in [9.17, 15) is 8.42 Å². The number of hydrogen-bond acceptors (Lipinski definition) is 7. The Bertz CT molecular complexity index is 494. The quantitative estimate of drug-likeness (QED) is 0.857. The van der Waals surface area contributed by atoms with Crippen LogP contribution in [-0.2, 0) is 14.8 Å². The molecular weight excluding hydrogens is 276 g/mol. The molecule has 7 nitrogen and oxygen atoms in total. The van der Waals surface area contributed by atoms with Gasteiger partial charge in [-0.2, -0.15) is 4.31 Å². The number of anilines is 1. The molecule has 1 fully saturated rings. The first-order valence-corrected chi connectivity index (χ1v) is 8.00. The molecule has 2 rings (SSSR count). The molecule has 9 heteroatoms. The third-order valence-electron chi connectivity index (χ3n) is 2.79. The van der Waals surface area contributed by atoms with Gasteiger partial charge in [-0.05, 0) is 19.8 Å². The van der Waals surface area contributed by atoms with Crippen LogP contribution in [0.4, 0.5) is 5.13 Å². The van der Waals surface area contributed by atoms with Gasteiger partial charge in [0.1, 0.15) is 0 Å². The number of sulfonamides is 1. The lowest BCUT2D eigenvalue weighted by Gasteiger charge is -2.30. The van der Waals surface area contributed by atoms with Crippen molar-refractivity contribution in [1.29, 1.82) is 0 Å². The highest BCUT2D eigenvalue weighted by atomic mass is 32.2. The van der Waals surface area contributed by atoms with Crippen molar-refractivity contribution in [3.05, 3.63) is 0 Å². The van der Waals surface area contributed by atoms with Gasteiger partial charge in [0, 0.05) is 19.7 Å². The topological polar surface area (TPSA) is 98.4 Å². The molecule has 1 saturated heterocycles. The first-order chi connectivity index (χ1) is 8.54. The minimum atomic E-state index is -3.54. The summed E-state index contributed by atoms with van der Waals surface area (Å²) < 4.78 is 31.3. The Labute approximate surface area is 110 Å². The average molecular weight is 292 g/mol. The van der Waals surface area contributed by atoms with Gasteiger partial charge in [-0.15, -0.1) is 10.2 Å². The van der Waals surface area contributed by atoms with Crippen LogP contribution in [0.2, 0.25) is 0 Å². The van der Waals surface area contributed by atoms with Gasteiger partial charge >= 0.3 is 0 Å². The largest absolute Gasteiger partial charge is 0.378 e. The van der Waals surface area contributed by atoms with Crippen molar-refractivity contribution in [3.63, 3.8) is 0 Å². The average Bonchev–Trinajstić information content (AvgIpc) is 2.78. The van der Waals surface area contributed by atoms with Crippen molar-refractivity contribution in [2.45, 2.75) is 30.2 Å². The second-order valence-corrected chi connectivity index (χ2v) is 7.09. The van der Waals surface area contributed by atoms with Crippen molar-refractivity contribution < 1.29 is 13.2 Å². The van der Waals surface area contributed by atoms with Crippen LogP contribution in [0.1, 0.15) is 19.8 Å². The summed E-state index contributed by atoms with van der Waals surface area (Å²) in [6.45, 7) is 3.50. The van der Waals surface area contributed by atoms with E-state index < -0.39 is 10.0 Å². The summed E-state index contributed by atoms with van der Waals surface area (Å²) in [5.74, 6) is 0. The van der Waals surface area contributed by atoms with Crippen LogP contribution in [-0.4, -0.2) is 48.7 Å². The Morgan fingerprint density at radius 3 is 2.61 bits per heavy atom. The number of nitrogen functional groups attached to an aromatic ring is 1. The van der Waals surface area contributed by atoms with Crippen LogP contribution < -0.4 is 5.73 Å². The van der Waals surface area contributed by atoms with Crippen LogP contribution in [0.5, 0.6) is 0 Å². The predicted octanol–water partition coefficient (Wildman–Crippen LogP) is 0.310. The van der Waals surface area contributed by atoms with Gasteiger partial charge in [-0.3, -0.25) is 0 Å². The highest BCUT2D eigenvalue weighted by Gasteiger charge is 2.32. The molecule has 0 spiro atoms. The van der Waals surface area contributed by atoms with E-state index in [-0.39, 0.29) is 15.6 Å². The first kappa shape index (κ1) is 13.7. The molecule has 0 saturated carbocycles. The molecular formula is C9H16N4O3S2. The Morgan fingerprint density at radius 1 is 1.44 bits per heavy atom. The maximum atomic E-state index is 12.2. The minimum Gasteiger partial charge on any atom is -0.378 e. The Balaban J connectivity index is 2.05.